The third kappa shape index (κ3) is 3.37. The predicted molar refractivity (Wildman–Crippen MR) is 80.1 cm³/mol. The third-order valence-corrected chi connectivity index (χ3v) is 3.68. The minimum atomic E-state index is 0.0772. The topological polar surface area (TPSA) is 34.1 Å². The zero-order valence-electron chi connectivity index (χ0n) is 11.2. The lowest BCUT2D eigenvalue weighted by molar-refractivity contribution is 0.0250. The van der Waals surface area contributed by atoms with E-state index in [1.54, 1.807) is 0 Å². The Morgan fingerprint density at radius 3 is 2.60 bits per heavy atom. The van der Waals surface area contributed by atoms with Crippen LogP contribution in [0.3, 0.4) is 0 Å². The molecule has 0 bridgehead atoms. The van der Waals surface area contributed by atoms with E-state index < -0.39 is 0 Å². The van der Waals surface area contributed by atoms with Crippen LogP contribution < -0.4 is 5.32 Å². The van der Waals surface area contributed by atoms with Gasteiger partial charge in [-0.05, 0) is 35.7 Å². The molecule has 3 nitrogen and oxygen atoms in total. The first-order chi connectivity index (χ1) is 9.81. The van der Waals surface area contributed by atoms with Gasteiger partial charge in [0, 0.05) is 24.3 Å². The number of hydrogen-bond donors (Lipinski definition) is 1. The van der Waals surface area contributed by atoms with Crippen molar-refractivity contribution in [3.05, 3.63) is 64.4 Å². The maximum Gasteiger partial charge on any atom is 0.112 e. The summed E-state index contributed by atoms with van der Waals surface area (Å²) >= 11 is 5.89. The van der Waals surface area contributed by atoms with Crippen LogP contribution in [-0.2, 0) is 11.2 Å². The normalized spacial score (nSPS) is 18.9. The maximum absolute atomic E-state index is 5.89. The lowest BCUT2D eigenvalue weighted by Crippen LogP contribution is -2.33. The molecule has 1 fully saturated rings. The Balaban J connectivity index is 1.67. The van der Waals surface area contributed by atoms with E-state index in [-0.39, 0.29) is 6.10 Å². The van der Waals surface area contributed by atoms with Crippen LogP contribution in [0.1, 0.15) is 22.9 Å². The van der Waals surface area contributed by atoms with Crippen molar-refractivity contribution in [3.63, 3.8) is 0 Å². The van der Waals surface area contributed by atoms with Crippen molar-refractivity contribution in [2.75, 3.05) is 19.7 Å². The highest BCUT2D eigenvalue weighted by Crippen LogP contribution is 2.18. The lowest BCUT2D eigenvalue weighted by atomic mass is 10.1. The van der Waals surface area contributed by atoms with Crippen molar-refractivity contribution in [1.29, 1.82) is 0 Å². The number of nitrogens with one attached hydrogen (secondary N) is 1. The summed E-state index contributed by atoms with van der Waals surface area (Å²) < 4.78 is 5.70. The Morgan fingerprint density at radius 2 is 1.95 bits per heavy atom. The molecule has 104 valence electrons. The smallest absolute Gasteiger partial charge is 0.112 e. The molecule has 1 aliphatic heterocycles. The standard InChI is InChI=1S/C16H17ClN2O/c17-14-4-1-12(2-5-14)9-13-3-6-15(19-10-13)16-11-18-7-8-20-16/h1-6,10,16,18H,7-9,11H2. The van der Waals surface area contributed by atoms with Crippen LogP contribution in [-0.4, -0.2) is 24.7 Å². The van der Waals surface area contributed by atoms with Gasteiger partial charge in [-0.25, -0.2) is 0 Å². The minimum absolute atomic E-state index is 0.0772. The second kappa shape index (κ2) is 6.35. The molecule has 0 radical (unpaired) electrons. The Labute approximate surface area is 123 Å². The molecule has 2 heterocycles. The molecule has 0 aliphatic carbocycles. The maximum atomic E-state index is 5.89. The quantitative estimate of drug-likeness (QED) is 0.943. The highest BCUT2D eigenvalue weighted by molar-refractivity contribution is 6.30. The van der Waals surface area contributed by atoms with Crippen LogP contribution in [0.5, 0.6) is 0 Å². The van der Waals surface area contributed by atoms with E-state index in [0.29, 0.717) is 0 Å². The van der Waals surface area contributed by atoms with Gasteiger partial charge in [-0.15, -0.1) is 0 Å². The molecule has 1 atom stereocenters. The van der Waals surface area contributed by atoms with Gasteiger partial charge in [-0.3, -0.25) is 4.98 Å². The number of aromatic nitrogens is 1. The number of morpholine rings is 1. The second-order valence-corrected chi connectivity index (χ2v) is 5.39. The zero-order chi connectivity index (χ0) is 13.8. The van der Waals surface area contributed by atoms with E-state index in [1.165, 1.54) is 11.1 Å². The van der Waals surface area contributed by atoms with E-state index in [9.17, 15) is 0 Å². The monoisotopic (exact) mass is 288 g/mol. The van der Waals surface area contributed by atoms with E-state index >= 15 is 0 Å². The Morgan fingerprint density at radius 1 is 1.15 bits per heavy atom. The van der Waals surface area contributed by atoms with Crippen LogP contribution in [0.25, 0.3) is 0 Å². The number of nitrogens with zero attached hydrogens (tertiary/aromatic N) is 1. The minimum Gasteiger partial charge on any atom is -0.369 e. The molecule has 0 amide bonds. The first kappa shape index (κ1) is 13.6. The fraction of sp³-hybridized carbons (Fsp3) is 0.312. The van der Waals surface area contributed by atoms with Gasteiger partial charge in [0.15, 0.2) is 0 Å². The van der Waals surface area contributed by atoms with E-state index in [4.69, 9.17) is 16.3 Å². The molecule has 4 heteroatoms. The molecule has 2 aromatic rings. The summed E-state index contributed by atoms with van der Waals surface area (Å²) in [6.45, 7) is 2.51. The first-order valence-corrected chi connectivity index (χ1v) is 7.20. The van der Waals surface area contributed by atoms with Crippen molar-refractivity contribution in [2.24, 2.45) is 0 Å². The highest BCUT2D eigenvalue weighted by Gasteiger charge is 2.16. The van der Waals surface area contributed by atoms with Crippen LogP contribution in [0, 0.1) is 0 Å². The molecule has 0 saturated carbocycles. The van der Waals surface area contributed by atoms with E-state index in [2.05, 4.69) is 22.4 Å². The SMILES string of the molecule is Clc1ccc(Cc2ccc(C3CNCCO3)nc2)cc1. The van der Waals surface area contributed by atoms with Gasteiger partial charge >= 0.3 is 0 Å². The fourth-order valence-electron chi connectivity index (χ4n) is 2.32. The molecule has 0 spiro atoms. The van der Waals surface area contributed by atoms with Gasteiger partial charge < -0.3 is 10.1 Å². The molecular formula is C16H17ClN2O. The molecule has 1 aliphatic rings. The summed E-state index contributed by atoms with van der Waals surface area (Å²) in [6.07, 6.45) is 2.88. The van der Waals surface area contributed by atoms with Crippen molar-refractivity contribution in [1.82, 2.24) is 10.3 Å². The summed E-state index contributed by atoms with van der Waals surface area (Å²) in [6, 6.07) is 12.1. The zero-order valence-corrected chi connectivity index (χ0v) is 11.9. The Hall–Kier alpha value is -1.42. The lowest BCUT2D eigenvalue weighted by Gasteiger charge is -2.23. The summed E-state index contributed by atoms with van der Waals surface area (Å²) in [7, 11) is 0. The Bertz CT molecular complexity index is 548. The van der Waals surface area contributed by atoms with Crippen LogP contribution in [0.2, 0.25) is 5.02 Å². The molecule has 1 aromatic heterocycles. The number of ether oxygens (including phenoxy) is 1. The van der Waals surface area contributed by atoms with Crippen molar-refractivity contribution in [2.45, 2.75) is 12.5 Å². The van der Waals surface area contributed by atoms with Crippen molar-refractivity contribution in [3.8, 4) is 0 Å². The molecule has 1 unspecified atom stereocenters. The largest absolute Gasteiger partial charge is 0.369 e. The second-order valence-electron chi connectivity index (χ2n) is 4.96. The van der Waals surface area contributed by atoms with Crippen LogP contribution in [0.4, 0.5) is 0 Å². The number of rotatable bonds is 3. The summed E-state index contributed by atoms with van der Waals surface area (Å²) in [4.78, 5) is 4.53. The number of pyridine rings is 1. The molecule has 1 N–H and O–H groups in total. The van der Waals surface area contributed by atoms with Crippen LogP contribution in [0.15, 0.2) is 42.6 Å². The van der Waals surface area contributed by atoms with E-state index in [0.717, 1.165) is 36.8 Å². The van der Waals surface area contributed by atoms with Gasteiger partial charge in [0.05, 0.1) is 12.3 Å². The van der Waals surface area contributed by atoms with Gasteiger partial charge in [0.1, 0.15) is 6.10 Å². The third-order valence-electron chi connectivity index (χ3n) is 3.43. The molecule has 1 saturated heterocycles. The number of hydrogen-bond acceptors (Lipinski definition) is 3. The molecular weight excluding hydrogens is 272 g/mol. The average molecular weight is 289 g/mol. The Kier molecular flexibility index (Phi) is 4.31. The molecule has 20 heavy (non-hydrogen) atoms. The van der Waals surface area contributed by atoms with Crippen molar-refractivity contribution < 1.29 is 4.74 Å². The molecule has 3 rings (SSSR count). The van der Waals surface area contributed by atoms with Gasteiger partial charge in [0.25, 0.3) is 0 Å². The summed E-state index contributed by atoms with van der Waals surface area (Å²) in [5.74, 6) is 0. The van der Waals surface area contributed by atoms with Gasteiger partial charge in [0.2, 0.25) is 0 Å². The van der Waals surface area contributed by atoms with E-state index in [1.807, 2.05) is 30.5 Å². The molecule has 1 aromatic carbocycles. The fourth-order valence-corrected chi connectivity index (χ4v) is 2.45. The van der Waals surface area contributed by atoms with Gasteiger partial charge in [-0.1, -0.05) is 29.8 Å². The number of halogens is 1. The van der Waals surface area contributed by atoms with Gasteiger partial charge in [-0.2, -0.15) is 0 Å². The van der Waals surface area contributed by atoms with Crippen LogP contribution >= 0.6 is 11.6 Å². The summed E-state index contributed by atoms with van der Waals surface area (Å²) in [5, 5.41) is 4.08. The first-order valence-electron chi connectivity index (χ1n) is 6.83. The van der Waals surface area contributed by atoms with Crippen molar-refractivity contribution >= 4 is 11.6 Å². The predicted octanol–water partition coefficient (Wildman–Crippen LogP) is 2.99. The average Bonchev–Trinajstić information content (AvgIpc) is 2.51. The number of benzene rings is 1. The summed E-state index contributed by atoms with van der Waals surface area (Å²) in [5.41, 5.74) is 3.43. The highest BCUT2D eigenvalue weighted by atomic mass is 35.5.